The SMILES string of the molecule is CN(C)CC1CCN(C(=O)C(N)c2ccccc2)CC1.Cl.Cl. The Morgan fingerprint density at radius 3 is 2.27 bits per heavy atom. The number of nitrogens with two attached hydrogens (primary N) is 1. The van der Waals surface area contributed by atoms with E-state index in [1.54, 1.807) is 0 Å². The molecule has 126 valence electrons. The number of carbonyl (C=O) groups is 1. The Kier molecular flexibility index (Phi) is 9.69. The van der Waals surface area contributed by atoms with Crippen LogP contribution in [0.25, 0.3) is 0 Å². The first kappa shape index (κ1) is 21.2. The Labute approximate surface area is 145 Å². The van der Waals surface area contributed by atoms with E-state index in [4.69, 9.17) is 5.73 Å². The molecule has 1 fully saturated rings. The van der Waals surface area contributed by atoms with Gasteiger partial charge in [0.2, 0.25) is 5.91 Å². The van der Waals surface area contributed by atoms with Gasteiger partial charge in [-0.05, 0) is 38.4 Å². The van der Waals surface area contributed by atoms with E-state index in [0.29, 0.717) is 5.92 Å². The Morgan fingerprint density at radius 1 is 1.23 bits per heavy atom. The number of nitrogens with zero attached hydrogens (tertiary/aromatic N) is 2. The third kappa shape index (κ3) is 5.76. The number of likely N-dealkylation sites (tertiary alicyclic amines) is 1. The second kappa shape index (κ2) is 10.1. The van der Waals surface area contributed by atoms with E-state index in [-0.39, 0.29) is 30.7 Å². The summed E-state index contributed by atoms with van der Waals surface area (Å²) in [7, 11) is 4.20. The van der Waals surface area contributed by atoms with Crippen LogP contribution in [0, 0.1) is 5.92 Å². The molecule has 1 aliphatic heterocycles. The summed E-state index contributed by atoms with van der Waals surface area (Å²) in [6.45, 7) is 2.77. The van der Waals surface area contributed by atoms with E-state index >= 15 is 0 Å². The number of benzene rings is 1. The molecule has 0 spiro atoms. The van der Waals surface area contributed by atoms with Crippen molar-refractivity contribution in [3.63, 3.8) is 0 Å². The summed E-state index contributed by atoms with van der Waals surface area (Å²) < 4.78 is 0. The molecule has 1 aliphatic rings. The van der Waals surface area contributed by atoms with Gasteiger partial charge in [-0.1, -0.05) is 30.3 Å². The van der Waals surface area contributed by atoms with Crippen LogP contribution in [-0.2, 0) is 4.79 Å². The van der Waals surface area contributed by atoms with Crippen LogP contribution in [0.3, 0.4) is 0 Å². The van der Waals surface area contributed by atoms with Gasteiger partial charge in [0.05, 0.1) is 0 Å². The van der Waals surface area contributed by atoms with Crippen LogP contribution in [-0.4, -0.2) is 49.4 Å². The van der Waals surface area contributed by atoms with E-state index in [0.717, 1.165) is 38.0 Å². The highest BCUT2D eigenvalue weighted by molar-refractivity contribution is 5.85. The zero-order valence-electron chi connectivity index (χ0n) is 13.3. The number of carbonyl (C=O) groups excluding carboxylic acids is 1. The molecule has 0 aromatic heterocycles. The molecule has 4 nitrogen and oxygen atoms in total. The number of halogens is 2. The fourth-order valence-corrected chi connectivity index (χ4v) is 2.85. The van der Waals surface area contributed by atoms with Gasteiger partial charge in [0.15, 0.2) is 0 Å². The van der Waals surface area contributed by atoms with Crippen LogP contribution < -0.4 is 5.73 Å². The van der Waals surface area contributed by atoms with Crippen molar-refractivity contribution in [3.05, 3.63) is 35.9 Å². The summed E-state index contributed by atoms with van der Waals surface area (Å²) in [6.07, 6.45) is 2.15. The smallest absolute Gasteiger partial charge is 0.244 e. The van der Waals surface area contributed by atoms with Crippen molar-refractivity contribution in [2.75, 3.05) is 33.7 Å². The van der Waals surface area contributed by atoms with Gasteiger partial charge in [-0.2, -0.15) is 0 Å². The summed E-state index contributed by atoms with van der Waals surface area (Å²) >= 11 is 0. The second-order valence-electron chi connectivity index (χ2n) is 5.92. The minimum Gasteiger partial charge on any atom is -0.341 e. The average molecular weight is 348 g/mol. The molecule has 1 unspecified atom stereocenters. The summed E-state index contributed by atoms with van der Waals surface area (Å²) in [5, 5.41) is 0. The Balaban J connectivity index is 0.00000220. The zero-order valence-corrected chi connectivity index (χ0v) is 14.9. The topological polar surface area (TPSA) is 49.6 Å². The molecule has 1 heterocycles. The van der Waals surface area contributed by atoms with Crippen molar-refractivity contribution in [1.29, 1.82) is 0 Å². The predicted molar refractivity (Wildman–Crippen MR) is 95.7 cm³/mol. The average Bonchev–Trinajstić information content (AvgIpc) is 2.47. The molecule has 6 heteroatoms. The van der Waals surface area contributed by atoms with E-state index < -0.39 is 6.04 Å². The molecule has 0 bridgehead atoms. The van der Waals surface area contributed by atoms with Gasteiger partial charge in [0.25, 0.3) is 0 Å². The van der Waals surface area contributed by atoms with Gasteiger partial charge in [-0.3, -0.25) is 4.79 Å². The lowest BCUT2D eigenvalue weighted by molar-refractivity contribution is -0.134. The Hall–Kier alpha value is -0.810. The number of hydrogen-bond acceptors (Lipinski definition) is 3. The summed E-state index contributed by atoms with van der Waals surface area (Å²) in [5.41, 5.74) is 6.98. The highest BCUT2D eigenvalue weighted by Gasteiger charge is 2.27. The minimum atomic E-state index is -0.526. The van der Waals surface area contributed by atoms with Crippen LogP contribution in [0.1, 0.15) is 24.4 Å². The third-order valence-electron chi connectivity index (χ3n) is 3.97. The number of rotatable bonds is 4. The maximum atomic E-state index is 12.4. The first-order valence-electron chi connectivity index (χ1n) is 7.32. The highest BCUT2D eigenvalue weighted by atomic mass is 35.5. The van der Waals surface area contributed by atoms with E-state index in [1.807, 2.05) is 35.2 Å². The normalized spacial score (nSPS) is 16.6. The molecule has 0 aliphatic carbocycles. The van der Waals surface area contributed by atoms with Crippen molar-refractivity contribution >= 4 is 30.7 Å². The maximum Gasteiger partial charge on any atom is 0.244 e. The minimum absolute atomic E-state index is 0. The van der Waals surface area contributed by atoms with Gasteiger partial charge in [-0.25, -0.2) is 0 Å². The van der Waals surface area contributed by atoms with E-state index in [1.165, 1.54) is 0 Å². The summed E-state index contributed by atoms with van der Waals surface area (Å²) in [6, 6.07) is 9.09. The fraction of sp³-hybridized carbons (Fsp3) is 0.562. The van der Waals surface area contributed by atoms with Gasteiger partial charge in [0, 0.05) is 19.6 Å². The van der Waals surface area contributed by atoms with Crippen LogP contribution in [0.2, 0.25) is 0 Å². The van der Waals surface area contributed by atoms with Crippen molar-refractivity contribution in [3.8, 4) is 0 Å². The van der Waals surface area contributed by atoms with Crippen molar-refractivity contribution in [2.24, 2.45) is 11.7 Å². The van der Waals surface area contributed by atoms with Crippen molar-refractivity contribution in [1.82, 2.24) is 9.80 Å². The lowest BCUT2D eigenvalue weighted by atomic mass is 9.95. The first-order valence-corrected chi connectivity index (χ1v) is 7.32. The van der Waals surface area contributed by atoms with Crippen LogP contribution in [0.4, 0.5) is 0 Å². The molecule has 2 rings (SSSR count). The molecule has 1 aromatic rings. The number of hydrogen-bond donors (Lipinski definition) is 1. The quantitative estimate of drug-likeness (QED) is 0.909. The molecule has 1 saturated heterocycles. The standard InChI is InChI=1S/C16H25N3O.2ClH/c1-18(2)12-13-8-10-19(11-9-13)16(20)15(17)14-6-4-3-5-7-14;;/h3-7,13,15H,8-12,17H2,1-2H3;2*1H. The fourth-order valence-electron chi connectivity index (χ4n) is 2.85. The molecule has 22 heavy (non-hydrogen) atoms. The first-order chi connectivity index (χ1) is 9.58. The second-order valence-corrected chi connectivity index (χ2v) is 5.92. The molecule has 1 aromatic carbocycles. The number of piperidine rings is 1. The van der Waals surface area contributed by atoms with Crippen molar-refractivity contribution in [2.45, 2.75) is 18.9 Å². The molecule has 1 amide bonds. The van der Waals surface area contributed by atoms with Gasteiger partial charge < -0.3 is 15.5 Å². The molecular formula is C16H27Cl2N3O. The maximum absolute atomic E-state index is 12.4. The summed E-state index contributed by atoms with van der Waals surface area (Å²) in [4.78, 5) is 16.6. The molecule has 0 radical (unpaired) electrons. The molecular weight excluding hydrogens is 321 g/mol. The molecule has 1 atom stereocenters. The lowest BCUT2D eigenvalue weighted by Gasteiger charge is -2.34. The van der Waals surface area contributed by atoms with Crippen LogP contribution >= 0.6 is 24.8 Å². The Bertz CT molecular complexity index is 434. The van der Waals surface area contributed by atoms with Crippen LogP contribution in [0.15, 0.2) is 30.3 Å². The molecule has 0 saturated carbocycles. The molecule has 2 N–H and O–H groups in total. The predicted octanol–water partition coefficient (Wildman–Crippen LogP) is 2.33. The largest absolute Gasteiger partial charge is 0.341 e. The number of amides is 1. The van der Waals surface area contributed by atoms with Crippen molar-refractivity contribution < 1.29 is 4.79 Å². The van der Waals surface area contributed by atoms with E-state index in [9.17, 15) is 4.79 Å². The van der Waals surface area contributed by atoms with Gasteiger partial charge in [0.1, 0.15) is 6.04 Å². The van der Waals surface area contributed by atoms with E-state index in [2.05, 4.69) is 19.0 Å². The van der Waals surface area contributed by atoms with Crippen LogP contribution in [0.5, 0.6) is 0 Å². The monoisotopic (exact) mass is 347 g/mol. The zero-order chi connectivity index (χ0) is 14.5. The third-order valence-corrected chi connectivity index (χ3v) is 3.97. The Morgan fingerprint density at radius 2 is 1.77 bits per heavy atom. The summed E-state index contributed by atoms with van der Waals surface area (Å²) in [5.74, 6) is 0.751. The van der Waals surface area contributed by atoms with Gasteiger partial charge in [-0.15, -0.1) is 24.8 Å². The highest BCUT2D eigenvalue weighted by Crippen LogP contribution is 2.21. The van der Waals surface area contributed by atoms with Gasteiger partial charge >= 0.3 is 0 Å². The lowest BCUT2D eigenvalue weighted by Crippen LogP contribution is -2.44.